The fraction of sp³-hybridized carbons (Fsp3) is 0.364. The van der Waals surface area contributed by atoms with Gasteiger partial charge in [-0.2, -0.15) is 0 Å². The van der Waals surface area contributed by atoms with Gasteiger partial charge in [0.2, 0.25) is 5.91 Å². The summed E-state index contributed by atoms with van der Waals surface area (Å²) in [4.78, 5) is 23.4. The van der Waals surface area contributed by atoms with Gasteiger partial charge in [-0.25, -0.2) is 0 Å². The van der Waals surface area contributed by atoms with E-state index < -0.39 is 0 Å². The fourth-order valence-electron chi connectivity index (χ4n) is 2.82. The minimum Gasteiger partial charge on any atom is -0.354 e. The number of carbonyl (C=O) groups excluding carboxylic acids is 2. The Balaban J connectivity index is 2.08. The second kappa shape index (κ2) is 9.18. The van der Waals surface area contributed by atoms with Crippen molar-refractivity contribution in [1.82, 2.24) is 10.6 Å². The molecule has 0 aliphatic rings. The predicted molar refractivity (Wildman–Crippen MR) is 106 cm³/mol. The van der Waals surface area contributed by atoms with Crippen molar-refractivity contribution in [2.75, 3.05) is 6.54 Å². The summed E-state index contributed by atoms with van der Waals surface area (Å²) in [5, 5.41) is 5.84. The molecule has 4 heteroatoms. The Labute approximate surface area is 156 Å². The highest BCUT2D eigenvalue weighted by molar-refractivity contribution is 5.95. The van der Waals surface area contributed by atoms with Crippen LogP contribution in [0.4, 0.5) is 0 Å². The number of rotatable bonds is 7. The summed E-state index contributed by atoms with van der Waals surface area (Å²) < 4.78 is 0. The Morgan fingerprint density at radius 2 is 1.65 bits per heavy atom. The average molecular weight is 352 g/mol. The number of nitrogens with one attached hydrogen (secondary N) is 2. The molecule has 0 heterocycles. The SMILES string of the molecule is CC(=O)NC(C)Cc1ccc(-c2cccc(C(=O)NCC(C)C)c2)cc1. The molecule has 0 fully saturated rings. The lowest BCUT2D eigenvalue weighted by atomic mass is 9.99. The second-order valence-electron chi connectivity index (χ2n) is 7.19. The van der Waals surface area contributed by atoms with Crippen molar-refractivity contribution in [3.8, 4) is 11.1 Å². The Morgan fingerprint density at radius 3 is 2.27 bits per heavy atom. The van der Waals surface area contributed by atoms with Crippen LogP contribution in [0.15, 0.2) is 48.5 Å². The average Bonchev–Trinajstić information content (AvgIpc) is 2.59. The highest BCUT2D eigenvalue weighted by Gasteiger charge is 2.08. The predicted octanol–water partition coefficient (Wildman–Crippen LogP) is 3.81. The van der Waals surface area contributed by atoms with Gasteiger partial charge in [0.15, 0.2) is 0 Å². The van der Waals surface area contributed by atoms with Crippen LogP contribution in [0.3, 0.4) is 0 Å². The van der Waals surface area contributed by atoms with Crippen LogP contribution in [0, 0.1) is 5.92 Å². The van der Waals surface area contributed by atoms with Crippen LogP contribution < -0.4 is 10.6 Å². The van der Waals surface area contributed by atoms with Crippen molar-refractivity contribution in [2.45, 2.75) is 40.2 Å². The van der Waals surface area contributed by atoms with Crippen LogP contribution in [0.1, 0.15) is 43.6 Å². The molecule has 138 valence electrons. The van der Waals surface area contributed by atoms with Crippen molar-refractivity contribution in [1.29, 1.82) is 0 Å². The van der Waals surface area contributed by atoms with E-state index in [1.54, 1.807) is 0 Å². The summed E-state index contributed by atoms with van der Waals surface area (Å²) in [7, 11) is 0. The number of hydrogen-bond acceptors (Lipinski definition) is 2. The zero-order chi connectivity index (χ0) is 19.1. The van der Waals surface area contributed by atoms with Crippen LogP contribution in [0.2, 0.25) is 0 Å². The molecule has 26 heavy (non-hydrogen) atoms. The van der Waals surface area contributed by atoms with E-state index in [0.717, 1.165) is 17.5 Å². The van der Waals surface area contributed by atoms with E-state index in [9.17, 15) is 9.59 Å². The van der Waals surface area contributed by atoms with Gasteiger partial charge in [-0.3, -0.25) is 9.59 Å². The summed E-state index contributed by atoms with van der Waals surface area (Å²) >= 11 is 0. The van der Waals surface area contributed by atoms with Gasteiger partial charge in [0, 0.05) is 25.1 Å². The second-order valence-corrected chi connectivity index (χ2v) is 7.19. The highest BCUT2D eigenvalue weighted by Crippen LogP contribution is 2.21. The molecule has 0 spiro atoms. The maximum absolute atomic E-state index is 12.3. The molecule has 2 amide bonds. The maximum atomic E-state index is 12.3. The fourth-order valence-corrected chi connectivity index (χ4v) is 2.82. The smallest absolute Gasteiger partial charge is 0.251 e. The quantitative estimate of drug-likeness (QED) is 0.796. The van der Waals surface area contributed by atoms with Crippen molar-refractivity contribution in [3.05, 3.63) is 59.7 Å². The van der Waals surface area contributed by atoms with Crippen molar-refractivity contribution in [3.63, 3.8) is 0 Å². The van der Waals surface area contributed by atoms with E-state index >= 15 is 0 Å². The molecule has 2 rings (SSSR count). The summed E-state index contributed by atoms with van der Waals surface area (Å²) in [6.45, 7) is 8.35. The molecule has 2 aromatic carbocycles. The minimum absolute atomic E-state index is 0.0123. The summed E-state index contributed by atoms with van der Waals surface area (Å²) in [6.07, 6.45) is 0.789. The van der Waals surface area contributed by atoms with Gasteiger partial charge in [-0.05, 0) is 48.1 Å². The molecular formula is C22H28N2O2. The first kappa shape index (κ1) is 19.7. The monoisotopic (exact) mass is 352 g/mol. The number of hydrogen-bond donors (Lipinski definition) is 2. The van der Waals surface area contributed by atoms with E-state index in [0.29, 0.717) is 18.0 Å². The Bertz CT molecular complexity index is 751. The molecule has 0 saturated carbocycles. The van der Waals surface area contributed by atoms with Gasteiger partial charge in [-0.15, -0.1) is 0 Å². The van der Waals surface area contributed by atoms with Gasteiger partial charge >= 0.3 is 0 Å². The Kier molecular flexibility index (Phi) is 6.96. The third kappa shape index (κ3) is 6.03. The third-order valence-corrected chi connectivity index (χ3v) is 4.07. The van der Waals surface area contributed by atoms with Crippen LogP contribution in [-0.4, -0.2) is 24.4 Å². The lowest BCUT2D eigenvalue weighted by molar-refractivity contribution is -0.119. The number of benzene rings is 2. The molecule has 0 aromatic heterocycles. The zero-order valence-electron chi connectivity index (χ0n) is 16.0. The number of carbonyl (C=O) groups is 2. The topological polar surface area (TPSA) is 58.2 Å². The van der Waals surface area contributed by atoms with Crippen LogP contribution in [0.5, 0.6) is 0 Å². The highest BCUT2D eigenvalue weighted by atomic mass is 16.2. The molecule has 0 bridgehead atoms. The van der Waals surface area contributed by atoms with Gasteiger partial charge in [-0.1, -0.05) is 50.2 Å². The Morgan fingerprint density at radius 1 is 0.962 bits per heavy atom. The molecule has 1 atom stereocenters. The first-order valence-corrected chi connectivity index (χ1v) is 9.10. The molecule has 2 aromatic rings. The van der Waals surface area contributed by atoms with Gasteiger partial charge < -0.3 is 10.6 Å². The van der Waals surface area contributed by atoms with Gasteiger partial charge in [0.1, 0.15) is 0 Å². The Hall–Kier alpha value is -2.62. The van der Waals surface area contributed by atoms with Crippen LogP contribution in [-0.2, 0) is 11.2 Å². The molecule has 0 radical (unpaired) electrons. The molecule has 0 aliphatic heterocycles. The van der Waals surface area contributed by atoms with Crippen molar-refractivity contribution < 1.29 is 9.59 Å². The van der Waals surface area contributed by atoms with E-state index in [1.165, 1.54) is 12.5 Å². The standard InChI is InChI=1S/C22H28N2O2/c1-15(2)14-23-22(26)21-7-5-6-20(13-21)19-10-8-18(9-11-19)12-16(3)24-17(4)25/h5-11,13,15-16H,12,14H2,1-4H3,(H,23,26)(H,24,25). The third-order valence-electron chi connectivity index (χ3n) is 4.07. The summed E-state index contributed by atoms with van der Waals surface area (Å²) in [5.41, 5.74) is 3.93. The normalized spacial score (nSPS) is 11.9. The van der Waals surface area contributed by atoms with E-state index in [4.69, 9.17) is 0 Å². The first-order chi connectivity index (χ1) is 12.3. The van der Waals surface area contributed by atoms with Gasteiger partial charge in [0.25, 0.3) is 5.91 Å². The lowest BCUT2D eigenvalue weighted by Crippen LogP contribution is -2.31. The first-order valence-electron chi connectivity index (χ1n) is 9.10. The largest absolute Gasteiger partial charge is 0.354 e. The summed E-state index contributed by atoms with van der Waals surface area (Å²) in [5.74, 6) is 0.373. The summed E-state index contributed by atoms with van der Waals surface area (Å²) in [6, 6.07) is 16.0. The van der Waals surface area contributed by atoms with E-state index in [2.05, 4.69) is 48.7 Å². The van der Waals surface area contributed by atoms with Crippen molar-refractivity contribution >= 4 is 11.8 Å². The molecule has 0 aliphatic carbocycles. The maximum Gasteiger partial charge on any atom is 0.251 e. The van der Waals surface area contributed by atoms with E-state index in [-0.39, 0.29) is 17.9 Å². The number of amides is 2. The van der Waals surface area contributed by atoms with Gasteiger partial charge in [0.05, 0.1) is 0 Å². The molecular weight excluding hydrogens is 324 g/mol. The van der Waals surface area contributed by atoms with Crippen molar-refractivity contribution in [2.24, 2.45) is 5.92 Å². The van der Waals surface area contributed by atoms with Crippen LogP contribution >= 0.6 is 0 Å². The lowest BCUT2D eigenvalue weighted by Gasteiger charge is -2.13. The molecule has 2 N–H and O–H groups in total. The van der Waals surface area contributed by atoms with Crippen LogP contribution in [0.25, 0.3) is 11.1 Å². The molecule has 0 saturated heterocycles. The van der Waals surface area contributed by atoms with E-state index in [1.807, 2.05) is 31.2 Å². The molecule has 4 nitrogen and oxygen atoms in total. The molecule has 1 unspecified atom stereocenters. The zero-order valence-corrected chi connectivity index (χ0v) is 16.0. The minimum atomic E-state index is -0.0405.